The molecular weight excluding hydrogens is 426 g/mol. The van der Waals surface area contributed by atoms with Crippen molar-refractivity contribution in [3.05, 3.63) is 95.3 Å². The number of pyridine rings is 1. The molecule has 0 radical (unpaired) electrons. The van der Waals surface area contributed by atoms with Gasteiger partial charge >= 0.3 is 12.0 Å². The number of allylic oxidation sites excluding steroid dienone is 1. The largest absolute Gasteiger partial charge is 0.481 e. The minimum Gasteiger partial charge on any atom is -0.481 e. The Morgan fingerprint density at radius 1 is 0.938 bits per heavy atom. The van der Waals surface area contributed by atoms with Crippen molar-refractivity contribution >= 4 is 40.5 Å². The number of nitrogens with zero attached hydrogens (tertiary/aromatic N) is 1. The highest BCUT2D eigenvalue weighted by molar-refractivity contribution is 6.30. The summed E-state index contributed by atoms with van der Waals surface area (Å²) < 4.78 is 0. The molecule has 0 aliphatic carbocycles. The number of aliphatic carboxylic acids is 1. The lowest BCUT2D eigenvalue weighted by atomic mass is 9.97. The van der Waals surface area contributed by atoms with E-state index >= 15 is 0 Å². The van der Waals surface area contributed by atoms with Gasteiger partial charge in [-0.2, -0.15) is 0 Å². The Bertz CT molecular complexity index is 1100. The summed E-state index contributed by atoms with van der Waals surface area (Å²) in [5, 5.41) is 15.0. The van der Waals surface area contributed by atoms with Gasteiger partial charge in [-0.15, -0.1) is 0 Å². The van der Waals surface area contributed by atoms with Crippen LogP contribution in [0, 0.1) is 0 Å². The zero-order valence-electron chi connectivity index (χ0n) is 17.4. The summed E-state index contributed by atoms with van der Waals surface area (Å²) >= 11 is 5.97. The zero-order valence-corrected chi connectivity index (χ0v) is 18.2. The number of halogens is 1. The summed E-state index contributed by atoms with van der Waals surface area (Å²) in [5.74, 6) is -0.781. The zero-order chi connectivity index (χ0) is 22.8. The maximum absolute atomic E-state index is 12.4. The second-order valence-corrected chi connectivity index (χ2v) is 7.61. The Morgan fingerprint density at radius 2 is 1.66 bits per heavy atom. The average Bonchev–Trinajstić information content (AvgIpc) is 2.77. The number of unbranched alkanes of at least 4 members (excludes halogenated alkanes) is 2. The minimum atomic E-state index is -0.781. The molecule has 3 N–H and O–H groups in total. The molecule has 164 valence electrons. The molecule has 0 spiro atoms. The summed E-state index contributed by atoms with van der Waals surface area (Å²) in [4.78, 5) is 27.3. The first-order valence-corrected chi connectivity index (χ1v) is 10.7. The van der Waals surface area contributed by atoms with Crippen molar-refractivity contribution in [3.8, 4) is 0 Å². The molecule has 3 rings (SSSR count). The van der Waals surface area contributed by atoms with E-state index in [1.54, 1.807) is 36.7 Å². The molecule has 32 heavy (non-hydrogen) atoms. The summed E-state index contributed by atoms with van der Waals surface area (Å²) in [6.45, 7) is 0. The quantitative estimate of drug-likeness (QED) is 0.327. The normalized spacial score (nSPS) is 11.1. The van der Waals surface area contributed by atoms with Gasteiger partial charge in [0.15, 0.2) is 0 Å². The van der Waals surface area contributed by atoms with Crippen LogP contribution in [0.2, 0.25) is 5.02 Å². The van der Waals surface area contributed by atoms with E-state index in [4.69, 9.17) is 16.7 Å². The van der Waals surface area contributed by atoms with Crippen LogP contribution in [0.5, 0.6) is 0 Å². The highest BCUT2D eigenvalue weighted by Gasteiger charge is 2.09. The van der Waals surface area contributed by atoms with Crippen molar-refractivity contribution in [1.29, 1.82) is 0 Å². The first kappa shape index (κ1) is 23.0. The number of carbonyl (C=O) groups is 2. The van der Waals surface area contributed by atoms with Crippen LogP contribution in [0.15, 0.2) is 79.1 Å². The molecule has 3 aromatic rings. The molecule has 2 amide bonds. The number of amides is 2. The Hall–Kier alpha value is -3.64. The smallest absolute Gasteiger partial charge is 0.323 e. The van der Waals surface area contributed by atoms with Crippen LogP contribution in [-0.4, -0.2) is 22.1 Å². The number of carbonyl (C=O) groups excluding carboxylic acids is 1. The number of nitrogens with one attached hydrogen (secondary N) is 2. The summed E-state index contributed by atoms with van der Waals surface area (Å²) in [5.41, 5.74) is 4.10. The van der Waals surface area contributed by atoms with Gasteiger partial charge in [-0.3, -0.25) is 9.78 Å². The molecule has 0 aliphatic heterocycles. The molecule has 0 unspecified atom stereocenters. The van der Waals surface area contributed by atoms with E-state index in [1.165, 1.54) is 0 Å². The fourth-order valence-electron chi connectivity index (χ4n) is 3.22. The molecule has 2 aromatic carbocycles. The highest BCUT2D eigenvalue weighted by Crippen LogP contribution is 2.26. The average molecular weight is 450 g/mol. The van der Waals surface area contributed by atoms with E-state index in [2.05, 4.69) is 21.7 Å². The Balaban J connectivity index is 1.75. The van der Waals surface area contributed by atoms with E-state index in [0.717, 1.165) is 29.5 Å². The minimum absolute atomic E-state index is 0.164. The van der Waals surface area contributed by atoms with Crippen LogP contribution in [0.4, 0.5) is 16.2 Å². The Kier molecular flexibility index (Phi) is 8.40. The lowest BCUT2D eigenvalue weighted by molar-refractivity contribution is -0.137. The number of urea groups is 1. The summed E-state index contributed by atoms with van der Waals surface area (Å²) in [6, 6.07) is 18.0. The van der Waals surface area contributed by atoms with Crippen LogP contribution in [0.25, 0.3) is 5.57 Å². The van der Waals surface area contributed by atoms with Gasteiger partial charge in [0.2, 0.25) is 0 Å². The number of carboxylic acids is 1. The third kappa shape index (κ3) is 7.25. The molecule has 0 saturated heterocycles. The lowest BCUT2D eigenvalue weighted by Gasteiger charge is -2.12. The maximum atomic E-state index is 12.4. The van der Waals surface area contributed by atoms with Crippen molar-refractivity contribution in [2.75, 3.05) is 10.6 Å². The highest BCUT2D eigenvalue weighted by atomic mass is 35.5. The van der Waals surface area contributed by atoms with E-state index in [-0.39, 0.29) is 12.5 Å². The first-order chi connectivity index (χ1) is 15.5. The molecule has 7 heteroatoms. The van der Waals surface area contributed by atoms with Crippen molar-refractivity contribution in [2.24, 2.45) is 0 Å². The number of aromatic nitrogens is 1. The molecule has 1 heterocycles. The molecule has 0 saturated carbocycles. The Labute approximate surface area is 192 Å². The van der Waals surface area contributed by atoms with Gasteiger partial charge in [-0.25, -0.2) is 4.79 Å². The maximum Gasteiger partial charge on any atom is 0.323 e. The van der Waals surface area contributed by atoms with Gasteiger partial charge in [0, 0.05) is 40.8 Å². The predicted molar refractivity (Wildman–Crippen MR) is 128 cm³/mol. The van der Waals surface area contributed by atoms with Crippen LogP contribution in [0.1, 0.15) is 36.8 Å². The third-order valence-electron chi connectivity index (χ3n) is 4.68. The number of rotatable bonds is 9. The molecule has 1 aromatic heterocycles. The van der Waals surface area contributed by atoms with Gasteiger partial charge < -0.3 is 15.7 Å². The van der Waals surface area contributed by atoms with Gasteiger partial charge in [0.05, 0.1) is 0 Å². The fraction of sp³-hybridized carbons (Fsp3) is 0.160. The van der Waals surface area contributed by atoms with Crippen molar-refractivity contribution in [1.82, 2.24) is 4.98 Å². The van der Waals surface area contributed by atoms with Crippen molar-refractivity contribution < 1.29 is 14.7 Å². The van der Waals surface area contributed by atoms with Gasteiger partial charge in [0.25, 0.3) is 0 Å². The van der Waals surface area contributed by atoms with E-state index in [9.17, 15) is 9.59 Å². The molecular formula is C25H24ClN3O3. The molecule has 6 nitrogen and oxygen atoms in total. The fourth-order valence-corrected chi connectivity index (χ4v) is 3.41. The van der Waals surface area contributed by atoms with Crippen LogP contribution >= 0.6 is 11.6 Å². The number of anilines is 2. The van der Waals surface area contributed by atoms with Crippen molar-refractivity contribution in [2.45, 2.75) is 25.7 Å². The summed E-state index contributed by atoms with van der Waals surface area (Å²) in [6.07, 6.45) is 7.89. The van der Waals surface area contributed by atoms with Crippen LogP contribution in [-0.2, 0) is 4.79 Å². The molecule has 0 aliphatic rings. The monoisotopic (exact) mass is 449 g/mol. The lowest BCUT2D eigenvalue weighted by Crippen LogP contribution is -2.19. The second kappa shape index (κ2) is 11.7. The van der Waals surface area contributed by atoms with E-state index < -0.39 is 5.97 Å². The second-order valence-electron chi connectivity index (χ2n) is 7.17. The van der Waals surface area contributed by atoms with Crippen LogP contribution < -0.4 is 10.6 Å². The van der Waals surface area contributed by atoms with Crippen LogP contribution in [0.3, 0.4) is 0 Å². The number of carboxylic acid groups (broad SMARTS) is 1. The SMILES string of the molecule is O=C(O)CCCC/C=C(\c1cccnc1)c1cccc(NC(=O)Nc2cccc(Cl)c2)c1. The van der Waals surface area contributed by atoms with Gasteiger partial charge in [0.1, 0.15) is 0 Å². The number of benzene rings is 2. The summed E-state index contributed by atoms with van der Waals surface area (Å²) in [7, 11) is 0. The standard InChI is InChI=1S/C25H24ClN3O3/c26-20-9-5-11-22(16-20)29-25(32)28-21-10-4-7-18(15-21)23(19-8-6-14-27-17-19)12-2-1-3-13-24(30)31/h4-12,14-17H,1-3,13H2,(H,30,31)(H2,28,29,32)/b23-12-. The molecule has 0 fully saturated rings. The first-order valence-electron chi connectivity index (χ1n) is 10.3. The molecule has 0 bridgehead atoms. The van der Waals surface area contributed by atoms with Crippen molar-refractivity contribution in [3.63, 3.8) is 0 Å². The number of hydrogen-bond acceptors (Lipinski definition) is 3. The van der Waals surface area contributed by atoms with Gasteiger partial charge in [-0.05, 0) is 66.8 Å². The van der Waals surface area contributed by atoms with Gasteiger partial charge in [-0.1, -0.05) is 41.9 Å². The van der Waals surface area contributed by atoms with E-state index in [1.807, 2.05) is 36.4 Å². The molecule has 0 atom stereocenters. The predicted octanol–water partition coefficient (Wildman–Crippen LogP) is 6.46. The topological polar surface area (TPSA) is 91.3 Å². The number of hydrogen-bond donors (Lipinski definition) is 3. The Morgan fingerprint density at radius 3 is 2.34 bits per heavy atom. The third-order valence-corrected chi connectivity index (χ3v) is 4.91. The van der Waals surface area contributed by atoms with E-state index in [0.29, 0.717) is 22.8 Å².